The van der Waals surface area contributed by atoms with Crippen LogP contribution in [0, 0.1) is 9.39 Å². The Morgan fingerprint density at radius 2 is 1.86 bits per heavy atom. The first-order valence-electron chi connectivity index (χ1n) is 6.41. The average molecular weight is 424 g/mol. The Hall–Kier alpha value is -1.67. The number of amides is 1. The van der Waals surface area contributed by atoms with Gasteiger partial charge in [-0.1, -0.05) is 24.3 Å². The second-order valence-electron chi connectivity index (χ2n) is 4.48. The van der Waals surface area contributed by atoms with Gasteiger partial charge < -0.3 is 5.32 Å². The number of para-hydroxylation sites is 1. The standard InChI is InChI=1S/C16H10FIN2OS/c17-11-7-5-10(6-8-11)9-14-15(21)20-16(22-14)19-13-4-2-1-3-12(13)18/h1-9H,(H,19,20,21)/b14-9+. The van der Waals surface area contributed by atoms with Gasteiger partial charge in [0.25, 0.3) is 5.91 Å². The molecule has 0 spiro atoms. The minimum atomic E-state index is -0.299. The van der Waals surface area contributed by atoms with E-state index in [1.54, 1.807) is 18.2 Å². The molecule has 22 heavy (non-hydrogen) atoms. The number of carbonyl (C=O) groups excluding carboxylic acids is 1. The highest BCUT2D eigenvalue weighted by molar-refractivity contribution is 14.1. The van der Waals surface area contributed by atoms with E-state index in [-0.39, 0.29) is 11.7 Å². The lowest BCUT2D eigenvalue weighted by Gasteiger charge is -1.98. The van der Waals surface area contributed by atoms with Crippen LogP contribution in [0.25, 0.3) is 6.08 Å². The summed E-state index contributed by atoms with van der Waals surface area (Å²) in [6.45, 7) is 0. The van der Waals surface area contributed by atoms with Crippen molar-refractivity contribution < 1.29 is 9.18 Å². The summed E-state index contributed by atoms with van der Waals surface area (Å²) < 4.78 is 13.9. The summed E-state index contributed by atoms with van der Waals surface area (Å²) in [5.41, 5.74) is 1.59. The van der Waals surface area contributed by atoms with Crippen LogP contribution in [0.15, 0.2) is 58.4 Å². The van der Waals surface area contributed by atoms with E-state index in [1.165, 1.54) is 23.9 Å². The summed E-state index contributed by atoms with van der Waals surface area (Å²) in [4.78, 5) is 17.0. The maximum absolute atomic E-state index is 12.9. The maximum Gasteiger partial charge on any atom is 0.264 e. The first-order chi connectivity index (χ1) is 10.6. The molecule has 1 saturated heterocycles. The number of nitrogens with zero attached hydrogens (tertiary/aromatic N) is 1. The van der Waals surface area contributed by atoms with Gasteiger partial charge in [0.05, 0.1) is 10.6 Å². The van der Waals surface area contributed by atoms with Gasteiger partial charge >= 0.3 is 0 Å². The number of thioether (sulfide) groups is 1. The highest BCUT2D eigenvalue weighted by atomic mass is 127. The zero-order valence-electron chi connectivity index (χ0n) is 11.2. The Bertz CT molecular complexity index is 787. The number of halogens is 2. The number of benzene rings is 2. The van der Waals surface area contributed by atoms with Crippen LogP contribution in [0.5, 0.6) is 0 Å². The quantitative estimate of drug-likeness (QED) is 0.577. The highest BCUT2D eigenvalue weighted by Crippen LogP contribution is 2.29. The fraction of sp³-hybridized carbons (Fsp3) is 0. The number of amidine groups is 1. The molecule has 1 amide bonds. The van der Waals surface area contributed by atoms with E-state index in [1.807, 2.05) is 24.3 Å². The monoisotopic (exact) mass is 424 g/mol. The molecule has 0 radical (unpaired) electrons. The molecule has 110 valence electrons. The topological polar surface area (TPSA) is 41.5 Å². The van der Waals surface area contributed by atoms with Crippen molar-refractivity contribution in [2.24, 2.45) is 4.99 Å². The summed E-state index contributed by atoms with van der Waals surface area (Å²) in [7, 11) is 0. The molecular weight excluding hydrogens is 414 g/mol. The van der Waals surface area contributed by atoms with E-state index in [0.717, 1.165) is 14.8 Å². The van der Waals surface area contributed by atoms with Gasteiger partial charge in [0.2, 0.25) is 0 Å². The van der Waals surface area contributed by atoms with E-state index in [0.29, 0.717) is 10.1 Å². The van der Waals surface area contributed by atoms with Crippen molar-refractivity contribution >= 4 is 57.2 Å². The fourth-order valence-corrected chi connectivity index (χ4v) is 3.19. The largest absolute Gasteiger partial charge is 0.300 e. The third-order valence-corrected chi connectivity index (χ3v) is 4.72. The van der Waals surface area contributed by atoms with E-state index < -0.39 is 0 Å². The predicted octanol–water partition coefficient (Wildman–Crippen LogP) is 4.32. The van der Waals surface area contributed by atoms with Gasteiger partial charge in [-0.05, 0) is 70.3 Å². The van der Waals surface area contributed by atoms with E-state index in [2.05, 4.69) is 32.9 Å². The summed E-state index contributed by atoms with van der Waals surface area (Å²) >= 11 is 3.47. The zero-order valence-corrected chi connectivity index (χ0v) is 14.2. The zero-order chi connectivity index (χ0) is 15.5. The van der Waals surface area contributed by atoms with Gasteiger partial charge in [0, 0.05) is 3.57 Å². The molecular formula is C16H10FIN2OS. The van der Waals surface area contributed by atoms with Crippen molar-refractivity contribution in [3.8, 4) is 0 Å². The summed E-state index contributed by atoms with van der Waals surface area (Å²) in [5.74, 6) is -0.495. The molecule has 6 heteroatoms. The molecule has 3 nitrogen and oxygen atoms in total. The number of hydrogen-bond acceptors (Lipinski definition) is 3. The first kappa shape index (κ1) is 15.2. The van der Waals surface area contributed by atoms with Crippen molar-refractivity contribution in [2.75, 3.05) is 0 Å². The van der Waals surface area contributed by atoms with Crippen LogP contribution in [0.2, 0.25) is 0 Å². The van der Waals surface area contributed by atoms with Crippen molar-refractivity contribution in [3.63, 3.8) is 0 Å². The highest BCUT2D eigenvalue weighted by Gasteiger charge is 2.23. The lowest BCUT2D eigenvalue weighted by molar-refractivity contribution is -0.115. The molecule has 0 atom stereocenters. The maximum atomic E-state index is 12.9. The minimum absolute atomic E-state index is 0.195. The van der Waals surface area contributed by atoms with Crippen LogP contribution in [0.3, 0.4) is 0 Å². The molecule has 1 fully saturated rings. The number of hydrogen-bond donors (Lipinski definition) is 1. The van der Waals surface area contributed by atoms with Crippen LogP contribution in [0.1, 0.15) is 5.56 Å². The molecule has 1 N–H and O–H groups in total. The lowest BCUT2D eigenvalue weighted by atomic mass is 10.2. The minimum Gasteiger partial charge on any atom is -0.300 e. The molecule has 0 unspecified atom stereocenters. The lowest BCUT2D eigenvalue weighted by Crippen LogP contribution is -2.19. The smallest absolute Gasteiger partial charge is 0.264 e. The number of rotatable bonds is 2. The van der Waals surface area contributed by atoms with Crippen LogP contribution < -0.4 is 5.32 Å². The second-order valence-corrected chi connectivity index (χ2v) is 6.68. The Labute approximate surface area is 144 Å². The molecule has 3 rings (SSSR count). The first-order valence-corrected chi connectivity index (χ1v) is 8.31. The summed E-state index contributed by atoms with van der Waals surface area (Å²) in [6.07, 6.45) is 1.72. The predicted molar refractivity (Wildman–Crippen MR) is 96.4 cm³/mol. The Morgan fingerprint density at radius 3 is 2.59 bits per heavy atom. The van der Waals surface area contributed by atoms with Crippen molar-refractivity contribution in [1.29, 1.82) is 0 Å². The van der Waals surface area contributed by atoms with E-state index in [4.69, 9.17) is 0 Å². The average Bonchev–Trinajstić information content (AvgIpc) is 2.84. The number of carbonyl (C=O) groups is 1. The van der Waals surface area contributed by atoms with Gasteiger partial charge in [-0.3, -0.25) is 4.79 Å². The molecule has 0 aliphatic carbocycles. The molecule has 0 bridgehead atoms. The van der Waals surface area contributed by atoms with Crippen molar-refractivity contribution in [1.82, 2.24) is 5.32 Å². The van der Waals surface area contributed by atoms with E-state index in [9.17, 15) is 9.18 Å². The molecule has 2 aromatic carbocycles. The number of nitrogens with one attached hydrogen (secondary N) is 1. The summed E-state index contributed by atoms with van der Waals surface area (Å²) in [5, 5.41) is 3.28. The van der Waals surface area contributed by atoms with Crippen molar-refractivity contribution in [2.45, 2.75) is 0 Å². The molecule has 1 aliphatic rings. The van der Waals surface area contributed by atoms with Crippen LogP contribution in [-0.2, 0) is 4.79 Å². The Balaban J connectivity index is 1.84. The molecule has 1 aliphatic heterocycles. The fourth-order valence-electron chi connectivity index (χ4n) is 1.84. The van der Waals surface area contributed by atoms with Crippen LogP contribution in [0.4, 0.5) is 10.1 Å². The third-order valence-electron chi connectivity index (χ3n) is 2.89. The molecule has 2 aromatic rings. The SMILES string of the molecule is O=C1NC(=Nc2ccccc2I)S/C1=C/c1ccc(F)cc1. The molecule has 0 aromatic heterocycles. The van der Waals surface area contributed by atoms with Crippen molar-refractivity contribution in [3.05, 3.63) is 68.4 Å². The van der Waals surface area contributed by atoms with Crippen LogP contribution >= 0.6 is 34.4 Å². The summed E-state index contributed by atoms with van der Waals surface area (Å²) in [6, 6.07) is 13.7. The second kappa shape index (κ2) is 6.62. The Morgan fingerprint density at radius 1 is 1.14 bits per heavy atom. The number of aliphatic imine (C=N–C) groups is 1. The van der Waals surface area contributed by atoms with Gasteiger partial charge in [-0.25, -0.2) is 9.38 Å². The van der Waals surface area contributed by atoms with E-state index >= 15 is 0 Å². The van der Waals surface area contributed by atoms with Gasteiger partial charge in [-0.15, -0.1) is 0 Å². The van der Waals surface area contributed by atoms with Gasteiger partial charge in [0.15, 0.2) is 5.17 Å². The van der Waals surface area contributed by atoms with Crippen LogP contribution in [-0.4, -0.2) is 11.1 Å². The third kappa shape index (κ3) is 3.56. The normalized spacial score (nSPS) is 18.0. The molecule has 0 saturated carbocycles. The molecule has 1 heterocycles. The van der Waals surface area contributed by atoms with Gasteiger partial charge in [-0.2, -0.15) is 0 Å². The van der Waals surface area contributed by atoms with Gasteiger partial charge in [0.1, 0.15) is 5.82 Å². The Kier molecular flexibility index (Phi) is 4.58.